The summed E-state index contributed by atoms with van der Waals surface area (Å²) in [6.07, 6.45) is 1.23. The largest absolute Gasteiger partial charge is 0.480 e. The number of carbonyl (C=O) groups is 1. The zero-order valence-corrected chi connectivity index (χ0v) is 12.1. The average Bonchev–Trinajstić information content (AvgIpc) is 3.15. The first kappa shape index (κ1) is 15.2. The molecule has 0 amide bonds. The summed E-state index contributed by atoms with van der Waals surface area (Å²) < 4.78 is 40.3. The monoisotopic (exact) mass is 321 g/mol. The molecule has 2 N–H and O–H groups in total. The van der Waals surface area contributed by atoms with Crippen LogP contribution < -0.4 is 4.72 Å². The lowest BCUT2D eigenvalue weighted by atomic mass is 9.98. The zero-order chi connectivity index (χ0) is 15.1. The number of benzene rings is 1. The number of hydrogen-bond donors (Lipinski definition) is 2. The van der Waals surface area contributed by atoms with Gasteiger partial charge in [-0.2, -0.15) is 4.72 Å². The Bertz CT molecular complexity index is 659. The summed E-state index contributed by atoms with van der Waals surface area (Å²) in [4.78, 5) is 10.7. The van der Waals surface area contributed by atoms with Gasteiger partial charge in [0, 0.05) is 0 Å². The molecule has 0 aromatic heterocycles. The number of aliphatic carboxylic acids is 1. The van der Waals surface area contributed by atoms with Gasteiger partial charge >= 0.3 is 5.97 Å². The lowest BCUT2D eigenvalue weighted by Crippen LogP contribution is -2.53. The predicted octanol–water partition coefficient (Wildman–Crippen LogP) is 2.01. The molecule has 1 unspecified atom stereocenters. The molecule has 0 spiro atoms. The second-order valence-electron chi connectivity index (χ2n) is 4.94. The molecule has 1 aliphatic rings. The Labute approximate surface area is 120 Å². The van der Waals surface area contributed by atoms with E-state index in [4.69, 9.17) is 11.6 Å². The van der Waals surface area contributed by atoms with Crippen LogP contribution in [-0.2, 0) is 14.8 Å². The Balaban J connectivity index is 2.41. The van der Waals surface area contributed by atoms with Crippen molar-refractivity contribution in [2.24, 2.45) is 5.92 Å². The van der Waals surface area contributed by atoms with Crippen LogP contribution in [0.5, 0.6) is 0 Å². The molecule has 8 heteroatoms. The van der Waals surface area contributed by atoms with Crippen molar-refractivity contribution in [2.75, 3.05) is 0 Å². The van der Waals surface area contributed by atoms with Gasteiger partial charge in [-0.3, -0.25) is 4.79 Å². The van der Waals surface area contributed by atoms with E-state index >= 15 is 0 Å². The number of rotatable bonds is 5. The molecule has 1 saturated carbocycles. The van der Waals surface area contributed by atoms with E-state index in [1.807, 2.05) is 0 Å². The highest BCUT2D eigenvalue weighted by molar-refractivity contribution is 7.89. The average molecular weight is 322 g/mol. The highest BCUT2D eigenvalue weighted by atomic mass is 35.5. The van der Waals surface area contributed by atoms with Crippen LogP contribution >= 0.6 is 11.6 Å². The van der Waals surface area contributed by atoms with E-state index in [-0.39, 0.29) is 10.9 Å². The molecule has 0 aliphatic heterocycles. The van der Waals surface area contributed by atoms with Crippen molar-refractivity contribution in [1.82, 2.24) is 4.72 Å². The van der Waals surface area contributed by atoms with Gasteiger partial charge in [-0.15, -0.1) is 0 Å². The van der Waals surface area contributed by atoms with Crippen molar-refractivity contribution in [2.45, 2.75) is 30.2 Å². The van der Waals surface area contributed by atoms with Gasteiger partial charge in [-0.05, 0) is 37.8 Å². The van der Waals surface area contributed by atoms with Gasteiger partial charge < -0.3 is 5.11 Å². The third-order valence-corrected chi connectivity index (χ3v) is 5.27. The maximum Gasteiger partial charge on any atom is 0.324 e. The first-order valence-corrected chi connectivity index (χ1v) is 7.76. The number of carboxylic acids is 1. The summed E-state index contributed by atoms with van der Waals surface area (Å²) >= 11 is 5.55. The highest BCUT2D eigenvalue weighted by Crippen LogP contribution is 2.40. The van der Waals surface area contributed by atoms with E-state index in [1.54, 1.807) is 0 Å². The minimum Gasteiger partial charge on any atom is -0.480 e. The van der Waals surface area contributed by atoms with Crippen molar-refractivity contribution >= 4 is 27.6 Å². The molecular formula is C12H13ClFNO4S. The van der Waals surface area contributed by atoms with Crippen LogP contribution in [0, 0.1) is 11.7 Å². The topological polar surface area (TPSA) is 83.5 Å². The Morgan fingerprint density at radius 2 is 2.10 bits per heavy atom. The Morgan fingerprint density at radius 3 is 2.60 bits per heavy atom. The Kier molecular flexibility index (Phi) is 3.79. The molecule has 0 heterocycles. The maximum atomic E-state index is 13.8. The van der Waals surface area contributed by atoms with E-state index in [9.17, 15) is 22.7 Å². The van der Waals surface area contributed by atoms with E-state index in [1.165, 1.54) is 19.1 Å². The minimum absolute atomic E-state index is 0.294. The number of sulfonamides is 1. The SMILES string of the molecule is CC(NS(=O)(=O)c1cccc(Cl)c1F)(C(=O)O)C1CC1. The first-order valence-electron chi connectivity index (χ1n) is 5.90. The second kappa shape index (κ2) is 4.98. The van der Waals surface area contributed by atoms with E-state index < -0.39 is 32.2 Å². The molecule has 1 aliphatic carbocycles. The fourth-order valence-corrected chi connectivity index (χ4v) is 3.74. The van der Waals surface area contributed by atoms with Crippen LogP contribution in [-0.4, -0.2) is 25.0 Å². The van der Waals surface area contributed by atoms with Crippen LogP contribution in [0.3, 0.4) is 0 Å². The second-order valence-corrected chi connectivity index (χ2v) is 7.00. The Morgan fingerprint density at radius 1 is 1.50 bits per heavy atom. The molecule has 0 saturated heterocycles. The van der Waals surface area contributed by atoms with Gasteiger partial charge in [0.05, 0.1) is 5.02 Å². The van der Waals surface area contributed by atoms with Gasteiger partial charge in [0.1, 0.15) is 10.4 Å². The van der Waals surface area contributed by atoms with Gasteiger partial charge in [-0.25, -0.2) is 12.8 Å². The summed E-state index contributed by atoms with van der Waals surface area (Å²) in [5.74, 6) is -2.67. The van der Waals surface area contributed by atoms with Crippen molar-refractivity contribution in [3.8, 4) is 0 Å². The third kappa shape index (κ3) is 2.65. The smallest absolute Gasteiger partial charge is 0.324 e. The number of carboxylic acid groups (broad SMARTS) is 1. The van der Waals surface area contributed by atoms with Crippen molar-refractivity contribution in [3.63, 3.8) is 0 Å². The molecule has 1 fully saturated rings. The molecule has 110 valence electrons. The van der Waals surface area contributed by atoms with Crippen LogP contribution in [0.15, 0.2) is 23.1 Å². The van der Waals surface area contributed by atoms with Crippen LogP contribution in [0.1, 0.15) is 19.8 Å². The van der Waals surface area contributed by atoms with Gasteiger partial charge in [0.15, 0.2) is 5.82 Å². The minimum atomic E-state index is -4.31. The molecule has 5 nitrogen and oxygen atoms in total. The lowest BCUT2D eigenvalue weighted by molar-refractivity contribution is -0.144. The quantitative estimate of drug-likeness (QED) is 0.869. The Hall–Kier alpha value is -1.18. The van der Waals surface area contributed by atoms with Crippen LogP contribution in [0.2, 0.25) is 5.02 Å². The summed E-state index contributed by atoms with van der Waals surface area (Å²) in [7, 11) is -4.31. The summed E-state index contributed by atoms with van der Waals surface area (Å²) in [5.41, 5.74) is -1.65. The lowest BCUT2D eigenvalue weighted by Gasteiger charge is -2.25. The highest BCUT2D eigenvalue weighted by Gasteiger charge is 2.50. The number of hydrogen-bond acceptors (Lipinski definition) is 3. The summed E-state index contributed by atoms with van der Waals surface area (Å²) in [6.45, 7) is 1.28. The third-order valence-electron chi connectivity index (χ3n) is 3.39. The number of halogens is 2. The van der Waals surface area contributed by atoms with E-state index in [2.05, 4.69) is 4.72 Å². The van der Waals surface area contributed by atoms with E-state index in [0.717, 1.165) is 6.07 Å². The zero-order valence-electron chi connectivity index (χ0n) is 10.6. The van der Waals surface area contributed by atoms with Crippen molar-refractivity contribution in [1.29, 1.82) is 0 Å². The molecule has 0 bridgehead atoms. The first-order chi connectivity index (χ1) is 9.18. The van der Waals surface area contributed by atoms with Crippen LogP contribution in [0.4, 0.5) is 4.39 Å². The molecule has 2 rings (SSSR count). The van der Waals surface area contributed by atoms with Gasteiger partial charge in [-0.1, -0.05) is 17.7 Å². The summed E-state index contributed by atoms with van der Waals surface area (Å²) in [5, 5.41) is 8.89. The van der Waals surface area contributed by atoms with Crippen molar-refractivity contribution < 1.29 is 22.7 Å². The molecule has 20 heavy (non-hydrogen) atoms. The summed E-state index contributed by atoms with van der Waals surface area (Å²) in [6, 6.07) is 3.54. The fraction of sp³-hybridized carbons (Fsp3) is 0.417. The molecule has 0 radical (unpaired) electrons. The van der Waals surface area contributed by atoms with Crippen LogP contribution in [0.25, 0.3) is 0 Å². The van der Waals surface area contributed by atoms with Crippen molar-refractivity contribution in [3.05, 3.63) is 29.0 Å². The standard InChI is InChI=1S/C12H13ClFNO4S/c1-12(11(16)17,7-5-6-7)15-20(18,19)9-4-2-3-8(13)10(9)14/h2-4,7,15H,5-6H2,1H3,(H,16,17). The fourth-order valence-electron chi connectivity index (χ4n) is 1.99. The maximum absolute atomic E-state index is 13.8. The molecule has 1 aromatic carbocycles. The normalized spacial score (nSPS) is 18.6. The van der Waals surface area contributed by atoms with E-state index in [0.29, 0.717) is 12.8 Å². The molecular weight excluding hydrogens is 309 g/mol. The molecule has 1 aromatic rings. The van der Waals surface area contributed by atoms with Gasteiger partial charge in [0.2, 0.25) is 10.0 Å². The number of nitrogens with one attached hydrogen (secondary N) is 1. The molecule has 1 atom stereocenters. The predicted molar refractivity (Wildman–Crippen MR) is 70.5 cm³/mol. The van der Waals surface area contributed by atoms with Gasteiger partial charge in [0.25, 0.3) is 0 Å².